The van der Waals surface area contributed by atoms with E-state index in [9.17, 15) is 9.59 Å². The Balaban J connectivity index is 1.83. The van der Waals surface area contributed by atoms with Gasteiger partial charge in [0.2, 0.25) is 0 Å². The SMILES string of the molecule is COc1ccc(CNC(=O)C(=O)N[C@H](C)c2ccccc2)cc1. The third kappa shape index (κ3) is 4.85. The molecule has 0 saturated heterocycles. The van der Waals surface area contributed by atoms with Crippen molar-refractivity contribution < 1.29 is 14.3 Å². The van der Waals surface area contributed by atoms with Gasteiger partial charge < -0.3 is 15.4 Å². The highest BCUT2D eigenvalue weighted by Crippen LogP contribution is 2.12. The van der Waals surface area contributed by atoms with E-state index in [-0.39, 0.29) is 12.6 Å². The summed E-state index contributed by atoms with van der Waals surface area (Å²) in [4.78, 5) is 23.8. The summed E-state index contributed by atoms with van der Waals surface area (Å²) in [5.41, 5.74) is 1.84. The Morgan fingerprint density at radius 3 is 2.26 bits per heavy atom. The van der Waals surface area contributed by atoms with Crippen LogP contribution in [0.5, 0.6) is 5.75 Å². The van der Waals surface area contributed by atoms with Crippen molar-refractivity contribution in [2.24, 2.45) is 0 Å². The van der Waals surface area contributed by atoms with E-state index in [0.717, 1.165) is 16.9 Å². The summed E-state index contributed by atoms with van der Waals surface area (Å²) in [5.74, 6) is -0.548. The summed E-state index contributed by atoms with van der Waals surface area (Å²) in [6.45, 7) is 2.12. The minimum atomic E-state index is -0.649. The van der Waals surface area contributed by atoms with E-state index in [1.807, 2.05) is 49.4 Å². The Labute approximate surface area is 135 Å². The van der Waals surface area contributed by atoms with Crippen molar-refractivity contribution in [2.75, 3.05) is 7.11 Å². The van der Waals surface area contributed by atoms with Crippen LogP contribution in [0.25, 0.3) is 0 Å². The van der Waals surface area contributed by atoms with Gasteiger partial charge in [0, 0.05) is 6.54 Å². The Morgan fingerprint density at radius 1 is 1.00 bits per heavy atom. The van der Waals surface area contributed by atoms with Crippen LogP contribution in [0.15, 0.2) is 54.6 Å². The number of methoxy groups -OCH3 is 1. The summed E-state index contributed by atoms with van der Waals surface area (Å²) in [6.07, 6.45) is 0. The van der Waals surface area contributed by atoms with Gasteiger partial charge in [-0.15, -0.1) is 0 Å². The van der Waals surface area contributed by atoms with Gasteiger partial charge in [-0.05, 0) is 30.2 Å². The second-order valence-corrected chi connectivity index (χ2v) is 5.14. The topological polar surface area (TPSA) is 67.4 Å². The lowest BCUT2D eigenvalue weighted by atomic mass is 10.1. The predicted octanol–water partition coefficient (Wildman–Crippen LogP) is 2.19. The number of carbonyl (C=O) groups is 2. The minimum absolute atomic E-state index is 0.226. The predicted molar refractivity (Wildman–Crippen MR) is 87.8 cm³/mol. The van der Waals surface area contributed by atoms with E-state index in [2.05, 4.69) is 10.6 Å². The molecule has 2 amide bonds. The number of ether oxygens (including phenoxy) is 1. The van der Waals surface area contributed by atoms with Gasteiger partial charge in [-0.2, -0.15) is 0 Å². The van der Waals surface area contributed by atoms with Crippen LogP contribution in [0, 0.1) is 0 Å². The smallest absolute Gasteiger partial charge is 0.309 e. The van der Waals surface area contributed by atoms with Crippen LogP contribution in [0.2, 0.25) is 0 Å². The van der Waals surface area contributed by atoms with Crippen LogP contribution in [0.4, 0.5) is 0 Å². The molecule has 2 N–H and O–H groups in total. The van der Waals surface area contributed by atoms with Crippen molar-refractivity contribution in [3.63, 3.8) is 0 Å². The van der Waals surface area contributed by atoms with Crippen molar-refractivity contribution >= 4 is 11.8 Å². The average molecular weight is 312 g/mol. The molecule has 0 aliphatic heterocycles. The fourth-order valence-corrected chi connectivity index (χ4v) is 2.09. The van der Waals surface area contributed by atoms with Gasteiger partial charge in [-0.3, -0.25) is 9.59 Å². The van der Waals surface area contributed by atoms with Gasteiger partial charge in [0.25, 0.3) is 0 Å². The zero-order valence-corrected chi connectivity index (χ0v) is 13.2. The van der Waals surface area contributed by atoms with Crippen LogP contribution >= 0.6 is 0 Å². The third-order valence-corrected chi connectivity index (χ3v) is 3.47. The number of amides is 2. The summed E-state index contributed by atoms with van der Waals surface area (Å²) < 4.78 is 5.07. The summed E-state index contributed by atoms with van der Waals surface area (Å²) >= 11 is 0. The van der Waals surface area contributed by atoms with Crippen LogP contribution in [0.3, 0.4) is 0 Å². The second-order valence-electron chi connectivity index (χ2n) is 5.14. The van der Waals surface area contributed by atoms with E-state index in [1.54, 1.807) is 19.2 Å². The first-order chi connectivity index (χ1) is 11.1. The molecule has 2 rings (SSSR count). The van der Waals surface area contributed by atoms with Crippen LogP contribution in [-0.4, -0.2) is 18.9 Å². The van der Waals surface area contributed by atoms with E-state index < -0.39 is 11.8 Å². The summed E-state index contributed by atoms with van der Waals surface area (Å²) in [7, 11) is 1.59. The lowest BCUT2D eigenvalue weighted by Crippen LogP contribution is -2.40. The number of rotatable bonds is 5. The molecule has 0 aliphatic rings. The van der Waals surface area contributed by atoms with Gasteiger partial charge >= 0.3 is 11.8 Å². The number of hydrogen-bond acceptors (Lipinski definition) is 3. The molecule has 0 unspecified atom stereocenters. The van der Waals surface area contributed by atoms with Gasteiger partial charge in [0.15, 0.2) is 0 Å². The quantitative estimate of drug-likeness (QED) is 0.832. The maximum atomic E-state index is 11.9. The molecule has 0 spiro atoms. The second kappa shape index (κ2) is 7.98. The van der Waals surface area contributed by atoms with Crippen molar-refractivity contribution in [1.82, 2.24) is 10.6 Å². The molecule has 0 fully saturated rings. The Hall–Kier alpha value is -2.82. The lowest BCUT2D eigenvalue weighted by molar-refractivity contribution is -0.139. The van der Waals surface area contributed by atoms with Crippen molar-refractivity contribution in [2.45, 2.75) is 19.5 Å². The fraction of sp³-hybridized carbons (Fsp3) is 0.222. The highest BCUT2D eigenvalue weighted by molar-refractivity contribution is 6.35. The zero-order chi connectivity index (χ0) is 16.7. The highest BCUT2D eigenvalue weighted by atomic mass is 16.5. The molecule has 0 radical (unpaired) electrons. The number of benzene rings is 2. The fourth-order valence-electron chi connectivity index (χ4n) is 2.09. The first-order valence-electron chi connectivity index (χ1n) is 7.36. The zero-order valence-electron chi connectivity index (χ0n) is 13.2. The molecule has 5 nitrogen and oxygen atoms in total. The van der Waals surface area contributed by atoms with E-state index in [1.165, 1.54) is 0 Å². The normalized spacial score (nSPS) is 11.4. The maximum absolute atomic E-state index is 11.9. The van der Waals surface area contributed by atoms with Crippen LogP contribution < -0.4 is 15.4 Å². The first kappa shape index (κ1) is 16.5. The molecule has 1 atom stereocenters. The largest absolute Gasteiger partial charge is 0.497 e. The molecular formula is C18H20N2O3. The molecule has 0 bridgehead atoms. The van der Waals surface area contributed by atoms with Gasteiger partial charge in [0.1, 0.15) is 5.75 Å². The molecule has 0 aromatic heterocycles. The maximum Gasteiger partial charge on any atom is 0.309 e. The summed E-state index contributed by atoms with van der Waals surface area (Å²) in [5, 5.41) is 5.28. The van der Waals surface area contributed by atoms with Crippen LogP contribution in [0.1, 0.15) is 24.1 Å². The number of nitrogens with one attached hydrogen (secondary N) is 2. The van der Waals surface area contributed by atoms with Gasteiger partial charge in [-0.1, -0.05) is 42.5 Å². The number of hydrogen-bond donors (Lipinski definition) is 2. The van der Waals surface area contributed by atoms with E-state index in [4.69, 9.17) is 4.74 Å². The lowest BCUT2D eigenvalue weighted by Gasteiger charge is -2.14. The van der Waals surface area contributed by atoms with E-state index >= 15 is 0 Å². The number of carbonyl (C=O) groups excluding carboxylic acids is 2. The molecule has 2 aromatic rings. The average Bonchev–Trinajstić information content (AvgIpc) is 2.60. The molecular weight excluding hydrogens is 292 g/mol. The summed E-state index contributed by atoms with van der Waals surface area (Å²) in [6, 6.07) is 16.5. The Bertz CT molecular complexity index is 654. The van der Waals surface area contributed by atoms with Crippen LogP contribution in [-0.2, 0) is 16.1 Å². The third-order valence-electron chi connectivity index (χ3n) is 3.47. The molecule has 5 heteroatoms. The molecule has 23 heavy (non-hydrogen) atoms. The monoisotopic (exact) mass is 312 g/mol. The Kier molecular flexibility index (Phi) is 5.74. The minimum Gasteiger partial charge on any atom is -0.497 e. The van der Waals surface area contributed by atoms with Crippen molar-refractivity contribution in [1.29, 1.82) is 0 Å². The van der Waals surface area contributed by atoms with Gasteiger partial charge in [-0.25, -0.2) is 0 Å². The standard InChI is InChI=1S/C18H20N2O3/c1-13(15-6-4-3-5-7-15)20-18(22)17(21)19-12-14-8-10-16(23-2)11-9-14/h3-11,13H,12H2,1-2H3,(H,19,21)(H,20,22)/t13-/m1/s1. The molecule has 0 saturated carbocycles. The molecule has 120 valence electrons. The first-order valence-corrected chi connectivity index (χ1v) is 7.36. The molecule has 2 aromatic carbocycles. The van der Waals surface area contributed by atoms with Crippen molar-refractivity contribution in [3.05, 3.63) is 65.7 Å². The van der Waals surface area contributed by atoms with E-state index in [0.29, 0.717) is 0 Å². The highest BCUT2D eigenvalue weighted by Gasteiger charge is 2.16. The van der Waals surface area contributed by atoms with Crippen molar-refractivity contribution in [3.8, 4) is 5.75 Å². The Morgan fingerprint density at radius 2 is 1.65 bits per heavy atom. The molecule has 0 heterocycles. The molecule has 0 aliphatic carbocycles. The van der Waals surface area contributed by atoms with Gasteiger partial charge in [0.05, 0.1) is 13.2 Å².